The fourth-order valence-corrected chi connectivity index (χ4v) is 1.98. The van der Waals surface area contributed by atoms with Crippen LogP contribution in [0.4, 0.5) is 4.79 Å². The van der Waals surface area contributed by atoms with Crippen molar-refractivity contribution in [1.29, 1.82) is 0 Å². The van der Waals surface area contributed by atoms with Crippen LogP contribution < -0.4 is 15.4 Å². The molecule has 0 atom stereocenters. The molecule has 0 fully saturated rings. The fourth-order valence-electron chi connectivity index (χ4n) is 1.60. The largest absolute Gasteiger partial charge is 0.492 e. The Kier molecular flexibility index (Phi) is 7.88. The third-order valence-electron chi connectivity index (χ3n) is 2.51. The molecular formula is C16H23BrN2O4. The normalized spacial score (nSPS) is 10.8. The quantitative estimate of drug-likeness (QED) is 0.706. The maximum absolute atomic E-state index is 11.6. The Morgan fingerprint density at radius 2 is 1.91 bits per heavy atom. The molecule has 0 aliphatic rings. The maximum atomic E-state index is 11.6. The summed E-state index contributed by atoms with van der Waals surface area (Å²) in [6, 6.07) is 7.48. The van der Waals surface area contributed by atoms with Crippen molar-refractivity contribution in [2.24, 2.45) is 0 Å². The lowest BCUT2D eigenvalue weighted by atomic mass is 10.2. The van der Waals surface area contributed by atoms with Crippen LogP contribution in [0.3, 0.4) is 0 Å². The molecule has 1 rings (SSSR count). The number of rotatable bonds is 7. The SMILES string of the molecule is CC(C)(C)OC(=O)NCCC(=O)NCCOc1cccc(Br)c1. The van der Waals surface area contributed by atoms with Crippen LogP contribution in [0.5, 0.6) is 5.75 Å². The minimum absolute atomic E-state index is 0.154. The van der Waals surface area contributed by atoms with Gasteiger partial charge in [0, 0.05) is 17.4 Å². The molecule has 6 nitrogen and oxygen atoms in total. The van der Waals surface area contributed by atoms with Crippen molar-refractivity contribution in [2.45, 2.75) is 32.8 Å². The van der Waals surface area contributed by atoms with Crippen LogP contribution in [-0.2, 0) is 9.53 Å². The van der Waals surface area contributed by atoms with Gasteiger partial charge in [0.2, 0.25) is 5.91 Å². The molecule has 128 valence electrons. The number of halogens is 1. The van der Waals surface area contributed by atoms with E-state index in [1.165, 1.54) is 0 Å². The van der Waals surface area contributed by atoms with E-state index in [0.29, 0.717) is 13.2 Å². The van der Waals surface area contributed by atoms with E-state index < -0.39 is 11.7 Å². The van der Waals surface area contributed by atoms with Crippen molar-refractivity contribution in [3.63, 3.8) is 0 Å². The second kappa shape index (κ2) is 9.39. The molecular weight excluding hydrogens is 364 g/mol. The van der Waals surface area contributed by atoms with Crippen molar-refractivity contribution in [3.8, 4) is 5.75 Å². The highest BCUT2D eigenvalue weighted by molar-refractivity contribution is 9.10. The Balaban J connectivity index is 2.09. The highest BCUT2D eigenvalue weighted by Crippen LogP contribution is 2.17. The van der Waals surface area contributed by atoms with Gasteiger partial charge >= 0.3 is 6.09 Å². The summed E-state index contributed by atoms with van der Waals surface area (Å²) in [4.78, 5) is 23.0. The molecule has 2 amide bonds. The summed E-state index contributed by atoms with van der Waals surface area (Å²) in [5, 5.41) is 5.26. The van der Waals surface area contributed by atoms with Gasteiger partial charge in [0.25, 0.3) is 0 Å². The predicted octanol–water partition coefficient (Wildman–Crippen LogP) is 2.86. The van der Waals surface area contributed by atoms with Crippen molar-refractivity contribution >= 4 is 27.9 Å². The van der Waals surface area contributed by atoms with E-state index in [2.05, 4.69) is 26.6 Å². The number of carbonyl (C=O) groups is 2. The van der Waals surface area contributed by atoms with Crippen LogP contribution >= 0.6 is 15.9 Å². The number of ether oxygens (including phenoxy) is 2. The third-order valence-corrected chi connectivity index (χ3v) is 3.00. The van der Waals surface area contributed by atoms with Crippen molar-refractivity contribution in [2.75, 3.05) is 19.7 Å². The van der Waals surface area contributed by atoms with Crippen LogP contribution in [0.2, 0.25) is 0 Å². The van der Waals surface area contributed by atoms with E-state index in [0.717, 1.165) is 10.2 Å². The molecule has 0 aromatic heterocycles. The van der Waals surface area contributed by atoms with Gasteiger partial charge in [-0.05, 0) is 39.0 Å². The first-order valence-corrected chi connectivity index (χ1v) is 8.17. The summed E-state index contributed by atoms with van der Waals surface area (Å²) in [6.07, 6.45) is -0.334. The van der Waals surface area contributed by atoms with Gasteiger partial charge in [-0.3, -0.25) is 4.79 Å². The number of alkyl carbamates (subject to hydrolysis) is 1. The zero-order valence-electron chi connectivity index (χ0n) is 13.6. The van der Waals surface area contributed by atoms with Gasteiger partial charge in [-0.2, -0.15) is 0 Å². The molecule has 0 heterocycles. The zero-order valence-corrected chi connectivity index (χ0v) is 15.2. The Bertz CT molecular complexity index is 529. The number of amides is 2. The van der Waals surface area contributed by atoms with Crippen LogP contribution in [0.15, 0.2) is 28.7 Å². The van der Waals surface area contributed by atoms with Gasteiger partial charge in [0.1, 0.15) is 18.0 Å². The van der Waals surface area contributed by atoms with E-state index in [1.54, 1.807) is 20.8 Å². The maximum Gasteiger partial charge on any atom is 0.407 e. The molecule has 0 bridgehead atoms. The van der Waals surface area contributed by atoms with Gasteiger partial charge in [0.05, 0.1) is 6.54 Å². The molecule has 23 heavy (non-hydrogen) atoms. The number of carbonyl (C=O) groups excluding carboxylic acids is 2. The van der Waals surface area contributed by atoms with Crippen molar-refractivity contribution in [1.82, 2.24) is 10.6 Å². The second-order valence-corrected chi connectivity index (χ2v) is 6.75. The monoisotopic (exact) mass is 386 g/mol. The lowest BCUT2D eigenvalue weighted by Gasteiger charge is -2.19. The number of hydrogen-bond acceptors (Lipinski definition) is 4. The summed E-state index contributed by atoms with van der Waals surface area (Å²) in [5.41, 5.74) is -0.546. The molecule has 0 aliphatic carbocycles. The van der Waals surface area contributed by atoms with Gasteiger partial charge < -0.3 is 20.1 Å². The number of benzene rings is 1. The van der Waals surface area contributed by atoms with Gasteiger partial charge in [-0.1, -0.05) is 22.0 Å². The zero-order chi connectivity index (χ0) is 17.3. The molecule has 1 aromatic rings. The molecule has 0 spiro atoms. The lowest BCUT2D eigenvalue weighted by Crippen LogP contribution is -2.35. The van der Waals surface area contributed by atoms with E-state index in [1.807, 2.05) is 24.3 Å². The summed E-state index contributed by atoms with van der Waals surface area (Å²) in [7, 11) is 0. The van der Waals surface area contributed by atoms with E-state index in [4.69, 9.17) is 9.47 Å². The second-order valence-electron chi connectivity index (χ2n) is 5.83. The first-order valence-electron chi connectivity index (χ1n) is 7.38. The van der Waals surface area contributed by atoms with Crippen LogP contribution in [0.25, 0.3) is 0 Å². The first-order chi connectivity index (χ1) is 10.8. The summed E-state index contributed by atoms with van der Waals surface area (Å²) >= 11 is 3.36. The van der Waals surface area contributed by atoms with Crippen LogP contribution in [-0.4, -0.2) is 37.3 Å². The van der Waals surface area contributed by atoms with Gasteiger partial charge in [0.15, 0.2) is 0 Å². The van der Waals surface area contributed by atoms with E-state index >= 15 is 0 Å². The molecule has 2 N–H and O–H groups in total. The van der Waals surface area contributed by atoms with Crippen molar-refractivity contribution < 1.29 is 19.1 Å². The number of nitrogens with one attached hydrogen (secondary N) is 2. The average Bonchev–Trinajstić information content (AvgIpc) is 2.42. The van der Waals surface area contributed by atoms with Gasteiger partial charge in [-0.15, -0.1) is 0 Å². The van der Waals surface area contributed by atoms with E-state index in [9.17, 15) is 9.59 Å². The third kappa shape index (κ3) is 9.78. The molecule has 7 heteroatoms. The molecule has 0 radical (unpaired) electrons. The first kappa shape index (κ1) is 19.3. The summed E-state index contributed by atoms with van der Waals surface area (Å²) in [5.74, 6) is 0.583. The van der Waals surface area contributed by atoms with Crippen molar-refractivity contribution in [3.05, 3.63) is 28.7 Å². The highest BCUT2D eigenvalue weighted by atomic mass is 79.9. The summed E-state index contributed by atoms with van der Waals surface area (Å²) < 4.78 is 11.5. The highest BCUT2D eigenvalue weighted by Gasteiger charge is 2.15. The molecule has 0 saturated heterocycles. The molecule has 0 aliphatic heterocycles. The van der Waals surface area contributed by atoms with E-state index in [-0.39, 0.29) is 18.9 Å². The lowest BCUT2D eigenvalue weighted by molar-refractivity contribution is -0.121. The standard InChI is InChI=1S/C16H23BrN2O4/c1-16(2,3)23-15(21)19-8-7-14(20)18-9-10-22-13-6-4-5-12(17)11-13/h4-6,11H,7-10H2,1-3H3,(H,18,20)(H,19,21). The molecule has 0 unspecified atom stereocenters. The Morgan fingerprint density at radius 1 is 1.17 bits per heavy atom. The Hall–Kier alpha value is -1.76. The minimum Gasteiger partial charge on any atom is -0.492 e. The summed E-state index contributed by atoms with van der Waals surface area (Å²) in [6.45, 7) is 6.35. The van der Waals surface area contributed by atoms with Crippen LogP contribution in [0.1, 0.15) is 27.2 Å². The van der Waals surface area contributed by atoms with Crippen LogP contribution in [0, 0.1) is 0 Å². The minimum atomic E-state index is -0.546. The number of hydrogen-bond donors (Lipinski definition) is 2. The Morgan fingerprint density at radius 3 is 2.57 bits per heavy atom. The molecule has 0 saturated carbocycles. The van der Waals surface area contributed by atoms with Gasteiger partial charge in [-0.25, -0.2) is 4.79 Å². The average molecular weight is 387 g/mol. The fraction of sp³-hybridized carbons (Fsp3) is 0.500. The topological polar surface area (TPSA) is 76.7 Å². The Labute approximate surface area is 145 Å². The molecule has 1 aromatic carbocycles. The predicted molar refractivity (Wildman–Crippen MR) is 91.5 cm³/mol. The smallest absolute Gasteiger partial charge is 0.407 e.